The standard InChI is InChI=1S/C19H21BrFN3/c1-12-3-2-4-16-19(12)24(14-6-7-14)10-9-23(16)11-13-5-8-15(20)17(21)18(13)22/h2-5,8,14H,6-7,9-11,22H2,1H3. The van der Waals surface area contributed by atoms with E-state index in [9.17, 15) is 4.39 Å². The zero-order valence-electron chi connectivity index (χ0n) is 13.7. The first kappa shape index (κ1) is 15.8. The molecule has 0 saturated heterocycles. The van der Waals surface area contributed by atoms with Crippen LogP contribution in [-0.4, -0.2) is 19.1 Å². The van der Waals surface area contributed by atoms with Gasteiger partial charge in [-0.15, -0.1) is 0 Å². The molecule has 0 radical (unpaired) electrons. The van der Waals surface area contributed by atoms with Crippen LogP contribution in [0.2, 0.25) is 0 Å². The van der Waals surface area contributed by atoms with E-state index >= 15 is 0 Å². The minimum Gasteiger partial charge on any atom is -0.396 e. The number of nitrogens with zero attached hydrogens (tertiary/aromatic N) is 2. The van der Waals surface area contributed by atoms with E-state index in [1.807, 2.05) is 6.07 Å². The van der Waals surface area contributed by atoms with Crippen molar-refractivity contribution >= 4 is 33.0 Å². The molecule has 0 unspecified atom stereocenters. The maximum atomic E-state index is 14.1. The molecule has 1 heterocycles. The van der Waals surface area contributed by atoms with Gasteiger partial charge in [-0.3, -0.25) is 0 Å². The van der Waals surface area contributed by atoms with Gasteiger partial charge in [0, 0.05) is 25.7 Å². The van der Waals surface area contributed by atoms with E-state index < -0.39 is 0 Å². The summed E-state index contributed by atoms with van der Waals surface area (Å²) in [5, 5.41) is 0. The Morgan fingerprint density at radius 1 is 1.21 bits per heavy atom. The maximum absolute atomic E-state index is 14.1. The van der Waals surface area contributed by atoms with E-state index in [1.54, 1.807) is 6.07 Å². The lowest BCUT2D eigenvalue weighted by molar-refractivity contribution is 0.622. The maximum Gasteiger partial charge on any atom is 0.160 e. The van der Waals surface area contributed by atoms with Gasteiger partial charge in [0.15, 0.2) is 5.82 Å². The molecule has 1 fully saturated rings. The molecule has 1 aliphatic carbocycles. The molecule has 24 heavy (non-hydrogen) atoms. The average Bonchev–Trinajstić information content (AvgIpc) is 3.41. The van der Waals surface area contributed by atoms with Crippen molar-refractivity contribution in [1.82, 2.24) is 0 Å². The van der Waals surface area contributed by atoms with Crippen LogP contribution in [0.1, 0.15) is 24.0 Å². The molecule has 2 N–H and O–H groups in total. The molecule has 0 amide bonds. The van der Waals surface area contributed by atoms with Crippen LogP contribution in [0.25, 0.3) is 0 Å². The van der Waals surface area contributed by atoms with Gasteiger partial charge in [0.05, 0.1) is 21.5 Å². The van der Waals surface area contributed by atoms with Crippen LogP contribution in [-0.2, 0) is 6.54 Å². The van der Waals surface area contributed by atoms with Crippen molar-refractivity contribution in [2.45, 2.75) is 32.4 Å². The number of fused-ring (bicyclic) bond motifs is 1. The number of hydrogen-bond donors (Lipinski definition) is 1. The average molecular weight is 390 g/mol. The second-order valence-electron chi connectivity index (χ2n) is 6.72. The lowest BCUT2D eigenvalue weighted by Crippen LogP contribution is -2.42. The Morgan fingerprint density at radius 2 is 2.00 bits per heavy atom. The van der Waals surface area contributed by atoms with Gasteiger partial charge >= 0.3 is 0 Å². The van der Waals surface area contributed by atoms with Gasteiger partial charge in [-0.05, 0) is 59.0 Å². The number of nitrogens with two attached hydrogens (primary N) is 1. The van der Waals surface area contributed by atoms with E-state index in [0.717, 1.165) is 18.7 Å². The topological polar surface area (TPSA) is 32.5 Å². The molecule has 2 aromatic carbocycles. The van der Waals surface area contributed by atoms with Gasteiger partial charge in [0.1, 0.15) is 0 Å². The van der Waals surface area contributed by atoms with Gasteiger partial charge < -0.3 is 15.5 Å². The van der Waals surface area contributed by atoms with Crippen LogP contribution in [0.5, 0.6) is 0 Å². The molecule has 1 saturated carbocycles. The summed E-state index contributed by atoms with van der Waals surface area (Å²) >= 11 is 3.20. The fraction of sp³-hybridized carbons (Fsp3) is 0.368. The number of rotatable bonds is 3. The third-order valence-corrected chi connectivity index (χ3v) is 5.64. The van der Waals surface area contributed by atoms with Crippen molar-refractivity contribution in [3.05, 3.63) is 51.7 Å². The van der Waals surface area contributed by atoms with Crippen molar-refractivity contribution in [2.75, 3.05) is 28.6 Å². The Morgan fingerprint density at radius 3 is 2.75 bits per heavy atom. The van der Waals surface area contributed by atoms with Gasteiger partial charge in [-0.2, -0.15) is 0 Å². The van der Waals surface area contributed by atoms with Crippen molar-refractivity contribution in [3.8, 4) is 0 Å². The van der Waals surface area contributed by atoms with E-state index in [2.05, 4.69) is 50.9 Å². The van der Waals surface area contributed by atoms with E-state index in [-0.39, 0.29) is 11.5 Å². The quantitative estimate of drug-likeness (QED) is 0.786. The zero-order valence-corrected chi connectivity index (χ0v) is 15.3. The second-order valence-corrected chi connectivity index (χ2v) is 7.58. The number of hydrogen-bond acceptors (Lipinski definition) is 3. The molecule has 5 heteroatoms. The summed E-state index contributed by atoms with van der Waals surface area (Å²) in [6.45, 7) is 4.75. The SMILES string of the molecule is Cc1cccc2c1N(C1CC1)CCN2Cc1ccc(Br)c(F)c1N. The van der Waals surface area contributed by atoms with E-state index in [0.29, 0.717) is 17.1 Å². The predicted octanol–water partition coefficient (Wildman–Crippen LogP) is 4.47. The summed E-state index contributed by atoms with van der Waals surface area (Å²) in [5.41, 5.74) is 10.9. The van der Waals surface area contributed by atoms with Crippen LogP contribution in [0.3, 0.4) is 0 Å². The normalized spacial score (nSPS) is 17.1. The van der Waals surface area contributed by atoms with Gasteiger partial charge in [0.2, 0.25) is 0 Å². The molecule has 1 aliphatic heterocycles. The molecular weight excluding hydrogens is 369 g/mol. The minimum absolute atomic E-state index is 0.239. The van der Waals surface area contributed by atoms with Gasteiger partial charge in [0.25, 0.3) is 0 Å². The second kappa shape index (κ2) is 5.96. The lowest BCUT2D eigenvalue weighted by Gasteiger charge is -2.40. The Kier molecular flexibility index (Phi) is 3.91. The first-order chi connectivity index (χ1) is 11.6. The van der Waals surface area contributed by atoms with E-state index in [1.165, 1.54) is 29.8 Å². The van der Waals surface area contributed by atoms with Crippen molar-refractivity contribution in [1.29, 1.82) is 0 Å². The summed E-state index contributed by atoms with van der Waals surface area (Å²) in [5.74, 6) is -0.367. The third kappa shape index (κ3) is 2.65. The van der Waals surface area contributed by atoms with Gasteiger partial charge in [-0.25, -0.2) is 4.39 Å². The number of halogens is 2. The summed E-state index contributed by atoms with van der Waals surface area (Å²) in [6, 6.07) is 10.8. The molecule has 4 rings (SSSR count). The molecule has 2 aliphatic rings. The number of para-hydroxylation sites is 1. The summed E-state index contributed by atoms with van der Waals surface area (Å²) < 4.78 is 14.5. The highest BCUT2D eigenvalue weighted by atomic mass is 79.9. The molecule has 0 bridgehead atoms. The number of aryl methyl sites for hydroxylation is 1. The zero-order chi connectivity index (χ0) is 16.8. The van der Waals surface area contributed by atoms with Crippen LogP contribution in [0, 0.1) is 12.7 Å². The predicted molar refractivity (Wildman–Crippen MR) is 101 cm³/mol. The summed E-state index contributed by atoms with van der Waals surface area (Å²) in [7, 11) is 0. The minimum atomic E-state index is -0.367. The highest BCUT2D eigenvalue weighted by Gasteiger charge is 2.34. The fourth-order valence-electron chi connectivity index (χ4n) is 3.60. The van der Waals surface area contributed by atoms with Crippen LogP contribution in [0.4, 0.5) is 21.5 Å². The Balaban J connectivity index is 1.69. The molecule has 2 aromatic rings. The first-order valence-electron chi connectivity index (χ1n) is 8.40. The van der Waals surface area contributed by atoms with Gasteiger partial charge in [-0.1, -0.05) is 18.2 Å². The summed E-state index contributed by atoms with van der Waals surface area (Å²) in [4.78, 5) is 4.87. The van der Waals surface area contributed by atoms with Crippen LogP contribution in [0.15, 0.2) is 34.8 Å². The summed E-state index contributed by atoms with van der Waals surface area (Å²) in [6.07, 6.45) is 2.58. The van der Waals surface area contributed by atoms with Crippen LogP contribution >= 0.6 is 15.9 Å². The number of benzene rings is 2. The highest BCUT2D eigenvalue weighted by Crippen LogP contribution is 2.42. The first-order valence-corrected chi connectivity index (χ1v) is 9.19. The van der Waals surface area contributed by atoms with Crippen LogP contribution < -0.4 is 15.5 Å². The molecular formula is C19H21BrFN3. The lowest BCUT2D eigenvalue weighted by atomic mass is 10.1. The van der Waals surface area contributed by atoms with E-state index in [4.69, 9.17) is 5.73 Å². The Hall–Kier alpha value is -1.75. The molecule has 3 nitrogen and oxygen atoms in total. The fourth-order valence-corrected chi connectivity index (χ4v) is 3.94. The smallest absolute Gasteiger partial charge is 0.160 e. The molecule has 126 valence electrons. The van der Waals surface area contributed by atoms with Crippen molar-refractivity contribution in [3.63, 3.8) is 0 Å². The third-order valence-electron chi connectivity index (χ3n) is 5.03. The molecule has 0 aromatic heterocycles. The number of anilines is 3. The largest absolute Gasteiger partial charge is 0.396 e. The molecule has 0 spiro atoms. The Labute approximate surface area is 150 Å². The highest BCUT2D eigenvalue weighted by molar-refractivity contribution is 9.10. The number of nitrogen functional groups attached to an aromatic ring is 1. The van der Waals surface area contributed by atoms with Crippen molar-refractivity contribution in [2.24, 2.45) is 0 Å². The monoisotopic (exact) mass is 389 g/mol. The molecule has 0 atom stereocenters. The Bertz CT molecular complexity index is 788. The van der Waals surface area contributed by atoms with Crippen molar-refractivity contribution < 1.29 is 4.39 Å².